The van der Waals surface area contributed by atoms with Crippen molar-refractivity contribution in [1.82, 2.24) is 4.98 Å². The molecule has 0 fully saturated rings. The van der Waals surface area contributed by atoms with Crippen LogP contribution in [0.3, 0.4) is 0 Å². The van der Waals surface area contributed by atoms with E-state index < -0.39 is 11.9 Å². The van der Waals surface area contributed by atoms with Crippen molar-refractivity contribution in [2.24, 2.45) is 5.92 Å². The minimum atomic E-state index is -0.798. The van der Waals surface area contributed by atoms with Crippen molar-refractivity contribution in [3.8, 4) is 6.07 Å². The van der Waals surface area contributed by atoms with E-state index in [2.05, 4.69) is 10.3 Å². The number of hydrogen-bond acceptors (Lipinski definition) is 4. The van der Waals surface area contributed by atoms with Crippen molar-refractivity contribution in [1.29, 1.82) is 5.26 Å². The Morgan fingerprint density at radius 2 is 2.41 bits per heavy atom. The summed E-state index contributed by atoms with van der Waals surface area (Å²) in [6, 6.07) is 5.29. The fraction of sp³-hybridized carbons (Fsp3) is 0.417. The maximum Gasteiger partial charge on any atom is 0.308 e. The van der Waals surface area contributed by atoms with Crippen LogP contribution in [0.25, 0.3) is 0 Å². The Morgan fingerprint density at radius 3 is 2.88 bits per heavy atom. The fourth-order valence-corrected chi connectivity index (χ4v) is 1.45. The van der Waals surface area contributed by atoms with Gasteiger partial charge in [0.15, 0.2) is 0 Å². The molecule has 90 valence electrons. The molecule has 5 nitrogen and oxygen atoms in total. The zero-order chi connectivity index (χ0) is 12.7. The molecule has 17 heavy (non-hydrogen) atoms. The van der Waals surface area contributed by atoms with Gasteiger partial charge in [-0.1, -0.05) is 13.3 Å². The molecule has 0 saturated carbocycles. The lowest BCUT2D eigenvalue weighted by Crippen LogP contribution is -2.23. The number of nitriles is 1. The van der Waals surface area contributed by atoms with Crippen LogP contribution in [-0.4, -0.2) is 22.6 Å². The van der Waals surface area contributed by atoms with Crippen LogP contribution in [0.15, 0.2) is 18.3 Å². The van der Waals surface area contributed by atoms with Crippen LogP contribution in [0.1, 0.15) is 25.3 Å². The smallest absolute Gasteiger partial charge is 0.308 e. The van der Waals surface area contributed by atoms with Gasteiger partial charge in [0.1, 0.15) is 11.9 Å². The summed E-state index contributed by atoms with van der Waals surface area (Å²) in [7, 11) is 0. The number of carboxylic acid groups (broad SMARTS) is 1. The van der Waals surface area contributed by atoms with E-state index >= 15 is 0 Å². The summed E-state index contributed by atoms with van der Waals surface area (Å²) >= 11 is 0. The molecule has 0 saturated heterocycles. The summed E-state index contributed by atoms with van der Waals surface area (Å²) < 4.78 is 0. The number of carboxylic acids is 1. The maximum absolute atomic E-state index is 10.9. The molecule has 0 spiro atoms. The summed E-state index contributed by atoms with van der Waals surface area (Å²) in [5, 5.41) is 20.5. The normalized spacial score (nSPS) is 11.5. The van der Waals surface area contributed by atoms with Gasteiger partial charge in [0, 0.05) is 12.7 Å². The van der Waals surface area contributed by atoms with Gasteiger partial charge in [-0.25, -0.2) is 4.98 Å². The third kappa shape index (κ3) is 4.11. The largest absolute Gasteiger partial charge is 0.481 e. The molecule has 1 atom stereocenters. The number of nitrogens with zero attached hydrogens (tertiary/aromatic N) is 2. The van der Waals surface area contributed by atoms with Crippen LogP contribution in [-0.2, 0) is 4.79 Å². The Balaban J connectivity index is 2.53. The number of aliphatic carboxylic acids is 1. The molecule has 0 radical (unpaired) electrons. The molecule has 1 rings (SSSR count). The summed E-state index contributed by atoms with van der Waals surface area (Å²) in [6.07, 6.45) is 2.93. The topological polar surface area (TPSA) is 86.0 Å². The Bertz CT molecular complexity index is 409. The molecule has 5 heteroatoms. The molecule has 0 aromatic carbocycles. The number of rotatable bonds is 6. The summed E-state index contributed by atoms with van der Waals surface area (Å²) in [6.45, 7) is 2.30. The Labute approximate surface area is 100 Å². The van der Waals surface area contributed by atoms with Gasteiger partial charge in [0.25, 0.3) is 0 Å². The van der Waals surface area contributed by atoms with Crippen molar-refractivity contribution >= 4 is 11.8 Å². The van der Waals surface area contributed by atoms with Crippen LogP contribution in [0.4, 0.5) is 5.82 Å². The number of nitrogens with one attached hydrogen (secondary N) is 1. The third-order valence-corrected chi connectivity index (χ3v) is 2.41. The first kappa shape index (κ1) is 13.0. The SMILES string of the molecule is CCCC(CNc1ccc(C#N)cn1)C(=O)O. The van der Waals surface area contributed by atoms with Crippen LogP contribution in [0.2, 0.25) is 0 Å². The predicted molar refractivity (Wildman–Crippen MR) is 63.5 cm³/mol. The fourth-order valence-electron chi connectivity index (χ4n) is 1.45. The predicted octanol–water partition coefficient (Wildman–Crippen LogP) is 1.87. The monoisotopic (exact) mass is 233 g/mol. The standard InChI is InChI=1S/C12H15N3O2/c1-2-3-10(12(16)17)8-15-11-5-4-9(6-13)7-14-11/h4-5,7,10H,2-3,8H2,1H3,(H,14,15)(H,16,17). The molecule has 0 aliphatic rings. The van der Waals surface area contributed by atoms with E-state index in [1.54, 1.807) is 12.1 Å². The van der Waals surface area contributed by atoms with Gasteiger partial charge in [-0.05, 0) is 18.6 Å². The highest BCUT2D eigenvalue weighted by Gasteiger charge is 2.15. The maximum atomic E-state index is 10.9. The lowest BCUT2D eigenvalue weighted by molar-refractivity contribution is -0.141. The molecule has 1 aromatic rings. The second-order valence-electron chi connectivity index (χ2n) is 3.75. The van der Waals surface area contributed by atoms with E-state index in [1.165, 1.54) is 6.20 Å². The third-order valence-electron chi connectivity index (χ3n) is 2.41. The van der Waals surface area contributed by atoms with Gasteiger partial charge < -0.3 is 10.4 Å². The molecular formula is C12H15N3O2. The van der Waals surface area contributed by atoms with Crippen molar-refractivity contribution in [3.05, 3.63) is 23.9 Å². The van der Waals surface area contributed by atoms with E-state index in [0.717, 1.165) is 6.42 Å². The van der Waals surface area contributed by atoms with Crippen molar-refractivity contribution < 1.29 is 9.90 Å². The molecule has 2 N–H and O–H groups in total. The summed E-state index contributed by atoms with van der Waals surface area (Å²) in [5.41, 5.74) is 0.485. The van der Waals surface area contributed by atoms with E-state index in [1.807, 2.05) is 13.0 Å². The van der Waals surface area contributed by atoms with Gasteiger partial charge in [0.05, 0.1) is 11.5 Å². The zero-order valence-corrected chi connectivity index (χ0v) is 9.68. The Kier molecular flexibility index (Phi) is 4.95. The summed E-state index contributed by atoms with van der Waals surface area (Å²) in [4.78, 5) is 14.9. The van der Waals surface area contributed by atoms with Crippen LogP contribution >= 0.6 is 0 Å². The number of hydrogen-bond donors (Lipinski definition) is 2. The quantitative estimate of drug-likeness (QED) is 0.783. The van der Waals surface area contributed by atoms with Gasteiger partial charge in [-0.2, -0.15) is 5.26 Å². The lowest BCUT2D eigenvalue weighted by atomic mass is 10.0. The second kappa shape index (κ2) is 6.48. The van der Waals surface area contributed by atoms with Gasteiger partial charge in [0.2, 0.25) is 0 Å². The molecular weight excluding hydrogens is 218 g/mol. The highest BCUT2D eigenvalue weighted by atomic mass is 16.4. The van der Waals surface area contributed by atoms with Gasteiger partial charge in [-0.3, -0.25) is 4.79 Å². The first-order valence-corrected chi connectivity index (χ1v) is 5.50. The number of carbonyl (C=O) groups is 1. The molecule has 1 aromatic heterocycles. The average molecular weight is 233 g/mol. The highest BCUT2D eigenvalue weighted by molar-refractivity contribution is 5.70. The Morgan fingerprint density at radius 1 is 1.65 bits per heavy atom. The number of anilines is 1. The van der Waals surface area contributed by atoms with E-state index in [9.17, 15) is 4.79 Å². The van der Waals surface area contributed by atoms with Crippen LogP contribution in [0.5, 0.6) is 0 Å². The minimum Gasteiger partial charge on any atom is -0.481 e. The minimum absolute atomic E-state index is 0.349. The van der Waals surface area contributed by atoms with Crippen molar-refractivity contribution in [3.63, 3.8) is 0 Å². The molecule has 0 amide bonds. The van der Waals surface area contributed by atoms with Crippen molar-refractivity contribution in [2.75, 3.05) is 11.9 Å². The van der Waals surface area contributed by atoms with Crippen LogP contribution in [0, 0.1) is 17.2 Å². The molecule has 0 aliphatic carbocycles. The van der Waals surface area contributed by atoms with Crippen molar-refractivity contribution in [2.45, 2.75) is 19.8 Å². The highest BCUT2D eigenvalue weighted by Crippen LogP contribution is 2.09. The van der Waals surface area contributed by atoms with Gasteiger partial charge in [-0.15, -0.1) is 0 Å². The lowest BCUT2D eigenvalue weighted by Gasteiger charge is -2.12. The van der Waals surface area contributed by atoms with E-state index in [-0.39, 0.29) is 0 Å². The molecule has 0 bridgehead atoms. The Hall–Kier alpha value is -2.09. The molecule has 0 aliphatic heterocycles. The first-order valence-electron chi connectivity index (χ1n) is 5.50. The van der Waals surface area contributed by atoms with E-state index in [4.69, 9.17) is 10.4 Å². The average Bonchev–Trinajstić information content (AvgIpc) is 2.34. The van der Waals surface area contributed by atoms with Crippen LogP contribution < -0.4 is 5.32 Å². The first-order chi connectivity index (χ1) is 8.17. The summed E-state index contributed by atoms with van der Waals surface area (Å²) in [5.74, 6) is -0.614. The molecule has 1 heterocycles. The zero-order valence-electron chi connectivity index (χ0n) is 9.68. The second-order valence-corrected chi connectivity index (χ2v) is 3.75. The number of pyridine rings is 1. The van der Waals surface area contributed by atoms with E-state index in [0.29, 0.717) is 24.3 Å². The molecule has 1 unspecified atom stereocenters. The number of aromatic nitrogens is 1. The van der Waals surface area contributed by atoms with Gasteiger partial charge >= 0.3 is 5.97 Å².